The number of amides is 1. The molecule has 1 aromatic carbocycles. The first-order chi connectivity index (χ1) is 11.7. The molecule has 0 atom stereocenters. The van der Waals surface area contributed by atoms with Crippen molar-refractivity contribution in [1.29, 1.82) is 0 Å². The van der Waals surface area contributed by atoms with Crippen molar-refractivity contribution in [2.45, 2.75) is 25.2 Å². The zero-order valence-electron chi connectivity index (χ0n) is 14.3. The van der Waals surface area contributed by atoms with Crippen LogP contribution in [0.3, 0.4) is 0 Å². The molecule has 0 saturated carbocycles. The second-order valence-electron chi connectivity index (χ2n) is 6.00. The zero-order chi connectivity index (χ0) is 18.6. The molecule has 5 nitrogen and oxygen atoms in total. The lowest BCUT2D eigenvalue weighted by Gasteiger charge is -2.19. The molecule has 2 rings (SSSR count). The molecule has 1 amide bonds. The summed E-state index contributed by atoms with van der Waals surface area (Å²) in [6, 6.07) is 6.55. The monoisotopic (exact) mass is 384 g/mol. The van der Waals surface area contributed by atoms with Crippen LogP contribution in [0.5, 0.6) is 0 Å². The summed E-state index contributed by atoms with van der Waals surface area (Å²) in [5.41, 5.74) is 0.318. The summed E-state index contributed by atoms with van der Waals surface area (Å²) in [4.78, 5) is 12.4. The summed E-state index contributed by atoms with van der Waals surface area (Å²) >= 11 is 1.08. The molecular formula is C17H21FN2O3S2. The summed E-state index contributed by atoms with van der Waals surface area (Å²) < 4.78 is 39.8. The first-order valence-electron chi connectivity index (χ1n) is 7.83. The molecule has 0 aliphatic rings. The van der Waals surface area contributed by atoms with Crippen molar-refractivity contribution in [2.24, 2.45) is 5.92 Å². The van der Waals surface area contributed by atoms with Gasteiger partial charge in [0, 0.05) is 13.6 Å². The van der Waals surface area contributed by atoms with Gasteiger partial charge in [0.25, 0.3) is 15.9 Å². The minimum Gasteiger partial charge on any atom is -0.351 e. The van der Waals surface area contributed by atoms with Gasteiger partial charge in [-0.1, -0.05) is 13.8 Å². The lowest BCUT2D eigenvalue weighted by molar-refractivity contribution is 0.0953. The maximum absolute atomic E-state index is 13.0. The Kier molecular flexibility index (Phi) is 6.18. The number of anilines is 1. The third-order valence-electron chi connectivity index (χ3n) is 3.67. The quantitative estimate of drug-likeness (QED) is 0.795. The molecular weight excluding hydrogens is 363 g/mol. The maximum Gasteiger partial charge on any atom is 0.265 e. The predicted octanol–water partition coefficient (Wildman–Crippen LogP) is 3.49. The van der Waals surface area contributed by atoms with Gasteiger partial charge >= 0.3 is 0 Å². The molecule has 0 saturated heterocycles. The van der Waals surface area contributed by atoms with E-state index in [1.54, 1.807) is 5.38 Å². The number of carbonyl (C=O) groups excluding carboxylic acids is 1. The highest BCUT2D eigenvalue weighted by molar-refractivity contribution is 7.93. The molecule has 1 aromatic heterocycles. The summed E-state index contributed by atoms with van der Waals surface area (Å²) in [6.07, 6.45) is 0.814. The molecule has 0 unspecified atom stereocenters. The van der Waals surface area contributed by atoms with E-state index in [9.17, 15) is 17.6 Å². The van der Waals surface area contributed by atoms with Crippen LogP contribution in [0.1, 0.15) is 29.9 Å². The van der Waals surface area contributed by atoms with Crippen LogP contribution in [0.25, 0.3) is 0 Å². The Hall–Kier alpha value is -1.93. The standard InChI is InChI=1S/C17H21FN2O3S2/c1-12(2)8-10-19-17(21)16-15(9-11-24-16)25(22,23)20(3)14-6-4-13(18)5-7-14/h4-7,9,11-12H,8,10H2,1-3H3,(H,19,21). The first-order valence-corrected chi connectivity index (χ1v) is 10.2. The number of nitrogens with one attached hydrogen (secondary N) is 1. The minimum absolute atomic E-state index is 0.0497. The fourth-order valence-corrected chi connectivity index (χ4v) is 4.67. The van der Waals surface area contributed by atoms with Crippen LogP contribution in [0, 0.1) is 11.7 Å². The van der Waals surface area contributed by atoms with E-state index < -0.39 is 21.7 Å². The number of benzene rings is 1. The van der Waals surface area contributed by atoms with Crippen LogP contribution < -0.4 is 9.62 Å². The van der Waals surface area contributed by atoms with E-state index in [0.29, 0.717) is 18.2 Å². The fourth-order valence-electron chi connectivity index (χ4n) is 2.16. The Morgan fingerprint density at radius 3 is 2.48 bits per heavy atom. The lowest BCUT2D eigenvalue weighted by Crippen LogP contribution is -2.30. The average Bonchev–Trinajstić information content (AvgIpc) is 3.05. The Bertz CT molecular complexity index is 830. The number of halogens is 1. The van der Waals surface area contributed by atoms with E-state index in [1.807, 2.05) is 13.8 Å². The molecule has 0 radical (unpaired) electrons. The Morgan fingerprint density at radius 1 is 1.24 bits per heavy atom. The van der Waals surface area contributed by atoms with Gasteiger partial charge in [-0.3, -0.25) is 9.10 Å². The molecule has 25 heavy (non-hydrogen) atoms. The lowest BCUT2D eigenvalue weighted by atomic mass is 10.1. The molecule has 0 aliphatic carbocycles. The topological polar surface area (TPSA) is 66.5 Å². The second-order valence-corrected chi connectivity index (χ2v) is 8.86. The first kappa shape index (κ1) is 19.4. The number of carbonyl (C=O) groups is 1. The smallest absolute Gasteiger partial charge is 0.265 e. The number of thiophene rings is 1. The van der Waals surface area contributed by atoms with Crippen LogP contribution in [0.15, 0.2) is 40.6 Å². The van der Waals surface area contributed by atoms with Gasteiger partial charge in [-0.05, 0) is 48.1 Å². The van der Waals surface area contributed by atoms with E-state index in [2.05, 4.69) is 5.32 Å². The zero-order valence-corrected chi connectivity index (χ0v) is 16.0. The number of hydrogen-bond donors (Lipinski definition) is 1. The Balaban J connectivity index is 2.24. The normalized spacial score (nSPS) is 11.6. The molecule has 0 aliphatic heterocycles. The van der Waals surface area contributed by atoms with Gasteiger partial charge in [-0.2, -0.15) is 0 Å². The number of hydrogen-bond acceptors (Lipinski definition) is 4. The summed E-state index contributed by atoms with van der Waals surface area (Å²) in [6.45, 7) is 4.58. The van der Waals surface area contributed by atoms with Crippen molar-refractivity contribution < 1.29 is 17.6 Å². The van der Waals surface area contributed by atoms with E-state index in [0.717, 1.165) is 22.1 Å². The second kappa shape index (κ2) is 7.97. The molecule has 8 heteroatoms. The van der Waals surface area contributed by atoms with Crippen molar-refractivity contribution in [2.75, 3.05) is 17.9 Å². The van der Waals surface area contributed by atoms with Gasteiger partial charge in [0.05, 0.1) is 5.69 Å². The van der Waals surface area contributed by atoms with Gasteiger partial charge in [0.15, 0.2) is 0 Å². The molecule has 136 valence electrons. The molecule has 0 spiro atoms. The van der Waals surface area contributed by atoms with Gasteiger partial charge in [-0.25, -0.2) is 12.8 Å². The van der Waals surface area contributed by atoms with Crippen LogP contribution in [-0.4, -0.2) is 27.9 Å². The van der Waals surface area contributed by atoms with Crippen molar-refractivity contribution in [3.63, 3.8) is 0 Å². The van der Waals surface area contributed by atoms with Crippen molar-refractivity contribution in [1.82, 2.24) is 5.32 Å². The van der Waals surface area contributed by atoms with Crippen molar-refractivity contribution in [3.8, 4) is 0 Å². The highest BCUT2D eigenvalue weighted by Crippen LogP contribution is 2.28. The van der Waals surface area contributed by atoms with Gasteiger partial charge < -0.3 is 5.32 Å². The van der Waals surface area contributed by atoms with Crippen molar-refractivity contribution >= 4 is 33.0 Å². The number of rotatable bonds is 7. The van der Waals surface area contributed by atoms with Gasteiger partial charge in [0.1, 0.15) is 15.6 Å². The molecule has 0 fully saturated rings. The van der Waals surface area contributed by atoms with Crippen LogP contribution >= 0.6 is 11.3 Å². The third-order valence-corrected chi connectivity index (χ3v) is 6.54. The third kappa shape index (κ3) is 4.58. The largest absolute Gasteiger partial charge is 0.351 e. The number of sulfonamides is 1. The van der Waals surface area contributed by atoms with E-state index in [4.69, 9.17) is 0 Å². The Labute approximate surface area is 151 Å². The van der Waals surface area contributed by atoms with Crippen LogP contribution in [-0.2, 0) is 10.0 Å². The van der Waals surface area contributed by atoms with E-state index >= 15 is 0 Å². The maximum atomic E-state index is 13.0. The van der Waals surface area contributed by atoms with Crippen molar-refractivity contribution in [3.05, 3.63) is 46.4 Å². The SMILES string of the molecule is CC(C)CCNC(=O)c1sccc1S(=O)(=O)N(C)c1ccc(F)cc1. The molecule has 1 N–H and O–H groups in total. The summed E-state index contributed by atoms with van der Waals surface area (Å²) in [7, 11) is -2.54. The molecule has 0 bridgehead atoms. The van der Waals surface area contributed by atoms with Gasteiger partial charge in [0.2, 0.25) is 0 Å². The predicted molar refractivity (Wildman–Crippen MR) is 98.1 cm³/mol. The van der Waals surface area contributed by atoms with E-state index in [1.165, 1.54) is 37.4 Å². The summed E-state index contributed by atoms with van der Waals surface area (Å²) in [5, 5.41) is 4.33. The van der Waals surface area contributed by atoms with Crippen LogP contribution in [0.4, 0.5) is 10.1 Å². The highest BCUT2D eigenvalue weighted by atomic mass is 32.2. The minimum atomic E-state index is -3.92. The highest BCUT2D eigenvalue weighted by Gasteiger charge is 2.28. The molecule has 2 aromatic rings. The summed E-state index contributed by atoms with van der Waals surface area (Å²) in [5.74, 6) is -0.409. The number of nitrogens with zero attached hydrogens (tertiary/aromatic N) is 1. The average molecular weight is 384 g/mol. The van der Waals surface area contributed by atoms with E-state index in [-0.39, 0.29) is 9.77 Å². The van der Waals surface area contributed by atoms with Gasteiger partial charge in [-0.15, -0.1) is 11.3 Å². The Morgan fingerprint density at radius 2 is 1.88 bits per heavy atom. The fraction of sp³-hybridized carbons (Fsp3) is 0.353. The molecule has 1 heterocycles. The van der Waals surface area contributed by atoms with Crippen LogP contribution in [0.2, 0.25) is 0 Å².